The average molecular weight is 559 g/mol. The second-order valence-electron chi connectivity index (χ2n) is 9.93. The number of fused-ring (bicyclic) bond motifs is 1. The maximum Gasteiger partial charge on any atom is 0.416 e. The zero-order valence-corrected chi connectivity index (χ0v) is 23.1. The van der Waals surface area contributed by atoms with Crippen molar-refractivity contribution in [3.63, 3.8) is 0 Å². The Morgan fingerprint density at radius 1 is 1.05 bits per heavy atom. The van der Waals surface area contributed by atoms with E-state index < -0.39 is 53.5 Å². The number of halogens is 1. The van der Waals surface area contributed by atoms with Gasteiger partial charge in [0.1, 0.15) is 23.2 Å². The molecule has 0 radical (unpaired) electrons. The van der Waals surface area contributed by atoms with Crippen LogP contribution in [0.1, 0.15) is 60.1 Å². The van der Waals surface area contributed by atoms with E-state index in [2.05, 4.69) is 4.99 Å². The second-order valence-corrected chi connectivity index (χ2v) is 11.0. The van der Waals surface area contributed by atoms with Gasteiger partial charge in [-0.2, -0.15) is 0 Å². The van der Waals surface area contributed by atoms with Crippen LogP contribution in [0.15, 0.2) is 59.6 Å². The molecule has 0 N–H and O–H groups in total. The van der Waals surface area contributed by atoms with Gasteiger partial charge in [0.15, 0.2) is 17.4 Å². The molecule has 11 heteroatoms. The number of nitrogens with zero attached hydrogens (tertiary/aromatic N) is 2. The molecule has 1 fully saturated rings. The van der Waals surface area contributed by atoms with Gasteiger partial charge in [0.05, 0.1) is 18.2 Å². The van der Waals surface area contributed by atoms with Gasteiger partial charge in [-0.15, -0.1) is 0 Å². The Hall–Kier alpha value is -3.44. The molecule has 208 valence electrons. The predicted octanol–water partition coefficient (Wildman–Crippen LogP) is 5.16. The van der Waals surface area contributed by atoms with Crippen molar-refractivity contribution in [2.24, 2.45) is 4.99 Å². The molecule has 0 saturated carbocycles. The average Bonchev–Trinajstić information content (AvgIpc) is 3.33. The molecule has 5 atom stereocenters. The number of thioether (sulfide) groups is 1. The number of amidine groups is 1. The second kappa shape index (κ2) is 11.7. The van der Waals surface area contributed by atoms with Crippen molar-refractivity contribution in [3.05, 3.63) is 71.3 Å². The SMILES string of the molecule is CCN(C(=O)OC(C)(C)C)C1=N[C@@H]2[C@@H](F)[C@H](OC(=O)c3ccccc3)[C@@H](c3ccccc3C(=O)OC)O[C@@H]2S1. The van der Waals surface area contributed by atoms with Gasteiger partial charge in [-0.05, 0) is 51.5 Å². The standard InChI is InChI=1S/C28H31FN2O7S/c1-6-31(27(34)38-28(2,3)4)26-30-20-19(29)22(36-23(32)16-12-8-7-9-13-16)21(37-25(20)39-26)17-14-10-11-15-18(17)24(33)35-5/h7-15,19-22,25H,6H2,1-5H3/t19-,20-,21-,22+,25-/m1/s1. The summed E-state index contributed by atoms with van der Waals surface area (Å²) in [4.78, 5) is 44.1. The summed E-state index contributed by atoms with van der Waals surface area (Å²) in [6.07, 6.45) is -5.02. The monoisotopic (exact) mass is 558 g/mol. The number of hydrogen-bond donors (Lipinski definition) is 0. The number of ether oxygens (including phenoxy) is 4. The molecule has 0 spiro atoms. The minimum absolute atomic E-state index is 0.157. The molecule has 0 bridgehead atoms. The van der Waals surface area contributed by atoms with Crippen molar-refractivity contribution in [1.29, 1.82) is 0 Å². The topological polar surface area (TPSA) is 104 Å². The molecule has 0 aromatic heterocycles. The lowest BCUT2D eigenvalue weighted by atomic mass is 9.91. The van der Waals surface area contributed by atoms with E-state index in [1.165, 1.54) is 18.1 Å². The Morgan fingerprint density at radius 3 is 2.36 bits per heavy atom. The Morgan fingerprint density at radius 2 is 1.72 bits per heavy atom. The van der Waals surface area contributed by atoms with E-state index in [1.807, 2.05) is 0 Å². The third-order valence-electron chi connectivity index (χ3n) is 6.07. The number of rotatable bonds is 5. The molecule has 4 rings (SSSR count). The Kier molecular flexibility index (Phi) is 8.60. The van der Waals surface area contributed by atoms with Crippen LogP contribution in [-0.2, 0) is 18.9 Å². The Bertz CT molecular complexity index is 1250. The fraction of sp³-hybridized carbons (Fsp3) is 0.429. The van der Waals surface area contributed by atoms with Crippen LogP contribution in [0.5, 0.6) is 0 Å². The van der Waals surface area contributed by atoms with Crippen molar-refractivity contribution >= 4 is 35.0 Å². The predicted molar refractivity (Wildman–Crippen MR) is 143 cm³/mol. The van der Waals surface area contributed by atoms with Gasteiger partial charge < -0.3 is 18.9 Å². The fourth-order valence-corrected chi connectivity index (χ4v) is 5.53. The van der Waals surface area contributed by atoms with E-state index in [4.69, 9.17) is 18.9 Å². The summed E-state index contributed by atoms with van der Waals surface area (Å²) in [6.45, 7) is 7.23. The zero-order chi connectivity index (χ0) is 28.3. The lowest BCUT2D eigenvalue weighted by Gasteiger charge is -2.39. The number of carbonyl (C=O) groups excluding carboxylic acids is 3. The number of esters is 2. The van der Waals surface area contributed by atoms with E-state index in [1.54, 1.807) is 76.2 Å². The minimum Gasteiger partial charge on any atom is -0.465 e. The maximum atomic E-state index is 16.3. The summed E-state index contributed by atoms with van der Waals surface area (Å²) in [6, 6.07) is 13.6. The smallest absolute Gasteiger partial charge is 0.416 e. The van der Waals surface area contributed by atoms with Crippen LogP contribution >= 0.6 is 11.8 Å². The maximum absolute atomic E-state index is 16.3. The lowest BCUT2D eigenvalue weighted by molar-refractivity contribution is -0.138. The minimum atomic E-state index is -1.81. The number of alkyl halides is 1. The highest BCUT2D eigenvalue weighted by atomic mass is 32.2. The van der Waals surface area contributed by atoms with Crippen LogP contribution < -0.4 is 0 Å². The summed E-state index contributed by atoms with van der Waals surface area (Å²) in [7, 11) is 1.24. The highest BCUT2D eigenvalue weighted by Gasteiger charge is 2.53. The molecule has 2 aliphatic heterocycles. The summed E-state index contributed by atoms with van der Waals surface area (Å²) >= 11 is 1.08. The highest BCUT2D eigenvalue weighted by Crippen LogP contribution is 2.45. The molecule has 9 nitrogen and oxygen atoms in total. The van der Waals surface area contributed by atoms with E-state index in [0.29, 0.717) is 5.56 Å². The largest absolute Gasteiger partial charge is 0.465 e. The molecule has 1 amide bonds. The fourth-order valence-electron chi connectivity index (χ4n) is 4.28. The normalized spacial score (nSPS) is 24.3. The van der Waals surface area contributed by atoms with E-state index in [9.17, 15) is 14.4 Å². The number of hydrogen-bond acceptors (Lipinski definition) is 9. The van der Waals surface area contributed by atoms with Gasteiger partial charge in [-0.3, -0.25) is 9.89 Å². The summed E-state index contributed by atoms with van der Waals surface area (Å²) in [5.74, 6) is -1.39. The van der Waals surface area contributed by atoms with Crippen molar-refractivity contribution in [2.75, 3.05) is 13.7 Å². The van der Waals surface area contributed by atoms with E-state index >= 15 is 4.39 Å². The molecule has 0 aliphatic carbocycles. The first kappa shape index (κ1) is 28.6. The molecule has 2 aliphatic rings. The van der Waals surface area contributed by atoms with Gasteiger partial charge in [0.2, 0.25) is 0 Å². The molecule has 2 aromatic carbocycles. The van der Waals surface area contributed by atoms with Crippen molar-refractivity contribution in [3.8, 4) is 0 Å². The molecular weight excluding hydrogens is 527 g/mol. The van der Waals surface area contributed by atoms with Gasteiger partial charge in [-0.25, -0.2) is 18.8 Å². The van der Waals surface area contributed by atoms with Gasteiger partial charge >= 0.3 is 18.0 Å². The molecule has 1 saturated heterocycles. The van der Waals surface area contributed by atoms with E-state index in [0.717, 1.165) is 11.8 Å². The van der Waals surface area contributed by atoms with Crippen LogP contribution in [-0.4, -0.2) is 71.1 Å². The quantitative estimate of drug-likeness (QED) is 0.366. The van der Waals surface area contributed by atoms with Crippen LogP contribution in [0.3, 0.4) is 0 Å². The molecule has 2 heterocycles. The molecular formula is C28H31FN2O7S. The first-order chi connectivity index (χ1) is 18.5. The van der Waals surface area contributed by atoms with Gasteiger partial charge in [0, 0.05) is 6.54 Å². The number of methoxy groups -OCH3 is 1. The third kappa shape index (κ3) is 6.25. The van der Waals surface area contributed by atoms with Gasteiger partial charge in [0.25, 0.3) is 0 Å². The first-order valence-corrected chi connectivity index (χ1v) is 13.4. The van der Waals surface area contributed by atoms with Gasteiger partial charge in [-0.1, -0.05) is 48.2 Å². The Labute approximate surface area is 230 Å². The molecule has 0 unspecified atom stereocenters. The number of carbonyl (C=O) groups is 3. The van der Waals surface area contributed by atoms with Crippen molar-refractivity contribution in [2.45, 2.75) is 63.2 Å². The van der Waals surface area contributed by atoms with Crippen LogP contribution in [0.25, 0.3) is 0 Å². The first-order valence-electron chi connectivity index (χ1n) is 12.5. The van der Waals surface area contributed by atoms with Crippen LogP contribution in [0, 0.1) is 0 Å². The summed E-state index contributed by atoms with van der Waals surface area (Å²) in [5.41, 5.74) is -0.887. The zero-order valence-electron chi connectivity index (χ0n) is 22.3. The van der Waals surface area contributed by atoms with Crippen LogP contribution in [0.2, 0.25) is 0 Å². The number of aliphatic imine (C=N–C) groups is 1. The Balaban J connectivity index is 1.69. The van der Waals surface area contributed by atoms with Crippen LogP contribution in [0.4, 0.5) is 9.18 Å². The number of amides is 1. The van der Waals surface area contributed by atoms with Crippen molar-refractivity contribution in [1.82, 2.24) is 4.90 Å². The van der Waals surface area contributed by atoms with E-state index in [-0.39, 0.29) is 22.8 Å². The molecule has 2 aromatic rings. The summed E-state index contributed by atoms with van der Waals surface area (Å²) in [5, 5.41) is 0.236. The number of benzene rings is 2. The van der Waals surface area contributed by atoms with Crippen molar-refractivity contribution < 1.29 is 37.7 Å². The summed E-state index contributed by atoms with van der Waals surface area (Å²) < 4.78 is 38.7. The highest BCUT2D eigenvalue weighted by molar-refractivity contribution is 8.14. The lowest BCUT2D eigenvalue weighted by Crippen LogP contribution is -2.51. The molecule has 39 heavy (non-hydrogen) atoms. The third-order valence-corrected chi connectivity index (χ3v) is 7.22.